The highest BCUT2D eigenvalue weighted by Gasteiger charge is 2.42. The van der Waals surface area contributed by atoms with Gasteiger partial charge in [-0.3, -0.25) is 58.4 Å². The van der Waals surface area contributed by atoms with E-state index in [2.05, 4.69) is 5.32 Å². The molecule has 0 aliphatic carbocycles. The van der Waals surface area contributed by atoms with E-state index < -0.39 is 42.1 Å². The summed E-state index contributed by atoms with van der Waals surface area (Å²) in [6, 6.07) is 28.0. The minimum atomic E-state index is -0.665. The molecule has 0 unspecified atom stereocenters. The molecule has 0 saturated carbocycles. The third-order valence-electron chi connectivity index (χ3n) is 14.0. The van der Waals surface area contributed by atoms with Gasteiger partial charge < -0.3 is 0 Å². The van der Waals surface area contributed by atoms with Crippen LogP contribution in [0.25, 0.3) is 86.2 Å². The van der Waals surface area contributed by atoms with Crippen LogP contribution in [0.1, 0.15) is 89.8 Å². The maximum atomic E-state index is 14.6. The average Bonchev–Trinajstić information content (AvgIpc) is 3.29. The van der Waals surface area contributed by atoms with Crippen LogP contribution in [-0.2, 0) is 0 Å². The zero-order chi connectivity index (χ0) is 42.6. The fraction of sp³-hybridized carbons (Fsp3) is 0.0588. The third kappa shape index (κ3) is 3.76. The third-order valence-corrected chi connectivity index (χ3v) is 14.0. The summed E-state index contributed by atoms with van der Waals surface area (Å²) in [5.41, 5.74) is 2.58. The van der Waals surface area contributed by atoms with E-state index in [9.17, 15) is 38.4 Å². The van der Waals surface area contributed by atoms with Gasteiger partial charge in [-0.2, -0.15) is 0 Å². The molecule has 10 aromatic carbocycles. The second kappa shape index (κ2) is 11.0. The first-order chi connectivity index (χ1) is 30.6. The molecule has 0 saturated heterocycles. The molecule has 10 aromatic rings. The van der Waals surface area contributed by atoms with Crippen molar-refractivity contribution in [1.82, 2.24) is 20.0 Å². The molecule has 4 aliphatic rings. The minimum absolute atomic E-state index is 0.231. The summed E-state index contributed by atoms with van der Waals surface area (Å²) < 4.78 is 0. The number of nitrogens with one attached hydrogen (secondary N) is 1. The summed E-state index contributed by atoms with van der Waals surface area (Å²) in [4.78, 5) is 114. The lowest BCUT2D eigenvalue weighted by Crippen LogP contribution is -2.51. The molecule has 0 radical (unpaired) electrons. The first-order valence-electron chi connectivity index (χ1n) is 20.4. The van der Waals surface area contributed by atoms with Crippen LogP contribution in [0.5, 0.6) is 0 Å². The molecule has 0 atom stereocenters. The summed E-state index contributed by atoms with van der Waals surface area (Å²) in [5, 5.41) is 13.3. The Morgan fingerprint density at radius 1 is 0.302 bits per heavy atom. The van der Waals surface area contributed by atoms with Crippen LogP contribution in [0, 0.1) is 0 Å². The number of hydrogen-bond donors (Lipinski definition) is 1. The predicted molar refractivity (Wildman–Crippen MR) is 234 cm³/mol. The topological polar surface area (TPSA) is 158 Å². The van der Waals surface area contributed by atoms with Crippen molar-refractivity contribution in [3.8, 4) is 0 Å². The highest BCUT2D eigenvalue weighted by molar-refractivity contribution is 6.43. The van der Waals surface area contributed by atoms with Crippen LogP contribution in [0.2, 0.25) is 0 Å². The predicted octanol–water partition coefficient (Wildman–Crippen LogP) is 8.14. The summed E-state index contributed by atoms with van der Waals surface area (Å²) >= 11 is 0. The van der Waals surface area contributed by atoms with Gasteiger partial charge in [-0.05, 0) is 120 Å². The Morgan fingerprint density at radius 3 is 0.778 bits per heavy atom. The molecule has 63 heavy (non-hydrogen) atoms. The van der Waals surface area contributed by atoms with Gasteiger partial charge in [-0.1, -0.05) is 48.5 Å². The number of carbonyl (C=O) groups is 8. The van der Waals surface area contributed by atoms with E-state index in [1.54, 1.807) is 79.7 Å². The van der Waals surface area contributed by atoms with Gasteiger partial charge in [0.1, 0.15) is 6.67 Å². The van der Waals surface area contributed by atoms with Crippen LogP contribution in [0.15, 0.2) is 97.1 Å². The molecule has 0 bridgehead atoms. The largest absolute Gasteiger partial charge is 0.288 e. The molecule has 14 rings (SSSR count). The Bertz CT molecular complexity index is 3850. The van der Waals surface area contributed by atoms with Crippen LogP contribution in [0.3, 0.4) is 0 Å². The molecule has 12 nitrogen and oxygen atoms in total. The van der Waals surface area contributed by atoms with Crippen LogP contribution in [-0.4, -0.2) is 75.2 Å². The van der Waals surface area contributed by atoms with Crippen LogP contribution in [0.4, 0.5) is 0 Å². The zero-order valence-corrected chi connectivity index (χ0v) is 32.8. The van der Waals surface area contributed by atoms with Crippen molar-refractivity contribution >= 4 is 133 Å². The summed E-state index contributed by atoms with van der Waals surface area (Å²) in [6.45, 7) is 1.37. The molecule has 296 valence electrons. The van der Waals surface area contributed by atoms with Gasteiger partial charge in [0.2, 0.25) is 0 Å². The second-order valence-electron chi connectivity index (χ2n) is 16.6. The molecule has 0 spiro atoms. The fourth-order valence-corrected chi connectivity index (χ4v) is 11.3. The van der Waals surface area contributed by atoms with Gasteiger partial charge in [0, 0.05) is 72.6 Å². The maximum Gasteiger partial charge on any atom is 0.262 e. The Kier molecular flexibility index (Phi) is 5.95. The smallest absolute Gasteiger partial charge is 0.262 e. The quantitative estimate of drug-likeness (QED) is 0.106. The molecular formula is C51H24N4O8. The van der Waals surface area contributed by atoms with Crippen LogP contribution >= 0.6 is 0 Å². The highest BCUT2D eigenvalue weighted by atomic mass is 16.2. The first-order valence-corrected chi connectivity index (χ1v) is 20.4. The number of amides is 8. The van der Waals surface area contributed by atoms with Crippen molar-refractivity contribution in [2.75, 3.05) is 13.2 Å². The molecular weight excluding hydrogens is 797 g/mol. The van der Waals surface area contributed by atoms with Gasteiger partial charge in [0.25, 0.3) is 47.3 Å². The summed E-state index contributed by atoms with van der Waals surface area (Å²) in [7, 11) is 0. The van der Waals surface area contributed by atoms with Gasteiger partial charge in [0.15, 0.2) is 0 Å². The number of hydrogen-bond acceptors (Lipinski definition) is 8. The van der Waals surface area contributed by atoms with Gasteiger partial charge >= 0.3 is 0 Å². The first kappa shape index (κ1) is 34.1. The molecule has 0 aromatic heterocycles. The summed E-state index contributed by atoms with van der Waals surface area (Å²) in [6.07, 6.45) is 0. The highest BCUT2D eigenvalue weighted by Crippen LogP contribution is 2.48. The van der Waals surface area contributed by atoms with Gasteiger partial charge in [-0.15, -0.1) is 0 Å². The number of fused-ring (bicyclic) bond motifs is 4. The second-order valence-corrected chi connectivity index (χ2v) is 16.6. The zero-order valence-electron chi connectivity index (χ0n) is 32.8. The molecule has 8 amide bonds. The lowest BCUT2D eigenvalue weighted by atomic mass is 9.82. The number of carbonyl (C=O) groups excluding carboxylic acids is 8. The molecule has 0 fully saturated rings. The van der Waals surface area contributed by atoms with E-state index in [4.69, 9.17) is 0 Å². The number of imide groups is 4. The Labute approximate surface area is 352 Å². The molecule has 4 aliphatic heterocycles. The van der Waals surface area contributed by atoms with Crippen molar-refractivity contribution in [1.29, 1.82) is 0 Å². The van der Waals surface area contributed by atoms with Crippen molar-refractivity contribution in [2.45, 2.75) is 6.92 Å². The Hall–Kier alpha value is -8.64. The molecule has 12 heteroatoms. The van der Waals surface area contributed by atoms with E-state index in [0.29, 0.717) is 54.6 Å². The van der Waals surface area contributed by atoms with E-state index in [-0.39, 0.29) is 40.6 Å². The summed E-state index contributed by atoms with van der Waals surface area (Å²) in [5.74, 6) is -4.33. The van der Waals surface area contributed by atoms with Crippen molar-refractivity contribution < 1.29 is 38.4 Å². The monoisotopic (exact) mass is 820 g/mol. The minimum Gasteiger partial charge on any atom is -0.288 e. The van der Waals surface area contributed by atoms with E-state index in [0.717, 1.165) is 63.7 Å². The SMILES string of the molecule is CCN1C(=O)c2ccc3c4ccc5c6c(ccc(c7ccc(c2c37)C1=O)c64)C(=O)N(CN1C(=O)c2ccc3c4ccc6c7c(ccc(c8ccc(c2c38)C1=O)c74)C(=O)NC6=O)C5=O. The van der Waals surface area contributed by atoms with E-state index in [1.807, 2.05) is 24.3 Å². The van der Waals surface area contributed by atoms with Crippen molar-refractivity contribution in [3.05, 3.63) is 142 Å². The van der Waals surface area contributed by atoms with E-state index in [1.165, 1.54) is 4.90 Å². The van der Waals surface area contributed by atoms with Crippen molar-refractivity contribution in [2.24, 2.45) is 0 Å². The van der Waals surface area contributed by atoms with Gasteiger partial charge in [-0.25, -0.2) is 0 Å². The Morgan fingerprint density at radius 2 is 0.524 bits per heavy atom. The van der Waals surface area contributed by atoms with Gasteiger partial charge in [0.05, 0.1) is 0 Å². The van der Waals surface area contributed by atoms with Crippen molar-refractivity contribution in [3.63, 3.8) is 0 Å². The average molecular weight is 821 g/mol. The Balaban J connectivity index is 0.890. The molecule has 4 heterocycles. The number of benzene rings is 10. The lowest BCUT2D eigenvalue weighted by molar-refractivity contribution is 0.0417. The standard InChI is InChI=1S/C51H24N4O8/c1-2-53-46(58)30-13-5-24-26-9-17-34-43-35(18-10-27(39(26)43)25-6-14-31(47(53)59)41(30)37(24)25)51(63)55(50(34)62)19-54-48(60)32-15-7-22-20-3-11-28-40-29(45(57)52-44(28)56)12-4-21(36(20)40)23-8-16-33(49(54)61)42(32)38(22)23/h3-18H,2,19H2,1H3,(H,52,56,57). The molecule has 1 N–H and O–H groups in total. The van der Waals surface area contributed by atoms with Crippen LogP contribution < -0.4 is 5.32 Å². The normalized spacial score (nSPS) is 16.1. The van der Waals surface area contributed by atoms with E-state index >= 15 is 0 Å². The number of rotatable bonds is 3. The lowest BCUT2D eigenvalue weighted by Gasteiger charge is -2.34. The fourth-order valence-electron chi connectivity index (χ4n) is 11.3. The number of nitrogens with zero attached hydrogens (tertiary/aromatic N) is 3. The maximum absolute atomic E-state index is 14.6.